The first-order chi connectivity index (χ1) is 10.5. The average Bonchev–Trinajstić information content (AvgIpc) is 3.07. The van der Waals surface area contributed by atoms with Crippen molar-refractivity contribution in [1.82, 2.24) is 9.78 Å². The molecule has 1 saturated heterocycles. The van der Waals surface area contributed by atoms with Gasteiger partial charge in [0.15, 0.2) is 0 Å². The highest BCUT2D eigenvalue weighted by atomic mass is 16.6. The molecule has 1 aromatic heterocycles. The maximum atomic E-state index is 12.4. The molecule has 0 spiro atoms. The number of aromatic nitrogens is 2. The molecule has 1 amide bonds. The first-order valence-electron chi connectivity index (χ1n) is 6.85. The van der Waals surface area contributed by atoms with Crippen molar-refractivity contribution < 1.29 is 9.72 Å². The molecule has 1 aliphatic heterocycles. The summed E-state index contributed by atoms with van der Waals surface area (Å²) >= 11 is 0. The van der Waals surface area contributed by atoms with Gasteiger partial charge in [0.1, 0.15) is 6.04 Å². The lowest BCUT2D eigenvalue weighted by Gasteiger charge is -2.15. The number of non-ortho nitro benzene ring substituents is 1. The molecule has 0 saturated carbocycles. The van der Waals surface area contributed by atoms with Crippen LogP contribution in [0.5, 0.6) is 0 Å². The van der Waals surface area contributed by atoms with Gasteiger partial charge < -0.3 is 10.2 Å². The van der Waals surface area contributed by atoms with Crippen LogP contribution in [0, 0.1) is 10.1 Å². The van der Waals surface area contributed by atoms with Gasteiger partial charge in [0.25, 0.3) is 5.69 Å². The fourth-order valence-electron chi connectivity index (χ4n) is 2.50. The molecule has 2 heterocycles. The van der Waals surface area contributed by atoms with Crippen LogP contribution in [0.4, 0.5) is 17.1 Å². The summed E-state index contributed by atoms with van der Waals surface area (Å²) in [5.74, 6) is -0.0219. The van der Waals surface area contributed by atoms with Crippen molar-refractivity contribution in [2.75, 3.05) is 16.8 Å². The molecule has 8 nitrogen and oxygen atoms in total. The summed E-state index contributed by atoms with van der Waals surface area (Å²) in [5.41, 5.74) is 1.50. The van der Waals surface area contributed by atoms with Gasteiger partial charge in [0.05, 0.1) is 16.8 Å². The second kappa shape index (κ2) is 5.47. The number of nitro benzene ring substituents is 1. The topological polar surface area (TPSA) is 93.3 Å². The number of carbonyl (C=O) groups is 1. The lowest BCUT2D eigenvalue weighted by molar-refractivity contribution is -0.384. The number of carbonyl (C=O) groups excluding carboxylic acids is 1. The van der Waals surface area contributed by atoms with E-state index in [1.54, 1.807) is 41.2 Å². The van der Waals surface area contributed by atoms with Crippen molar-refractivity contribution in [3.8, 4) is 0 Å². The lowest BCUT2D eigenvalue weighted by atomic mass is 10.2. The van der Waals surface area contributed by atoms with E-state index in [4.69, 9.17) is 0 Å². The van der Waals surface area contributed by atoms with Crippen LogP contribution in [0.15, 0.2) is 36.7 Å². The molecule has 8 heteroatoms. The molecule has 0 bridgehead atoms. The number of rotatable bonds is 4. The number of nitrogens with one attached hydrogen (secondary N) is 1. The van der Waals surface area contributed by atoms with E-state index in [1.165, 1.54) is 12.1 Å². The molecule has 3 rings (SSSR count). The van der Waals surface area contributed by atoms with Crippen LogP contribution in [0.1, 0.15) is 6.42 Å². The minimum absolute atomic E-state index is 0.0219. The zero-order valence-corrected chi connectivity index (χ0v) is 12.0. The number of aryl methyl sites for hydroxylation is 1. The van der Waals surface area contributed by atoms with Gasteiger partial charge in [0, 0.05) is 37.6 Å². The van der Waals surface area contributed by atoms with Crippen LogP contribution >= 0.6 is 0 Å². The molecule has 1 fully saturated rings. The molecule has 0 radical (unpaired) electrons. The summed E-state index contributed by atoms with van der Waals surface area (Å²) in [5, 5.41) is 17.8. The van der Waals surface area contributed by atoms with Crippen LogP contribution in [0.2, 0.25) is 0 Å². The molecule has 22 heavy (non-hydrogen) atoms. The van der Waals surface area contributed by atoms with Crippen molar-refractivity contribution in [3.05, 3.63) is 46.8 Å². The van der Waals surface area contributed by atoms with E-state index in [-0.39, 0.29) is 17.6 Å². The third kappa shape index (κ3) is 2.62. The van der Waals surface area contributed by atoms with Crippen LogP contribution < -0.4 is 10.2 Å². The highest BCUT2D eigenvalue weighted by Crippen LogP contribution is 2.24. The molecule has 2 aromatic rings. The third-order valence-corrected chi connectivity index (χ3v) is 3.63. The van der Waals surface area contributed by atoms with Crippen molar-refractivity contribution in [3.63, 3.8) is 0 Å². The van der Waals surface area contributed by atoms with Gasteiger partial charge in [0.2, 0.25) is 5.91 Å². The third-order valence-electron chi connectivity index (χ3n) is 3.63. The smallest absolute Gasteiger partial charge is 0.269 e. The number of nitrogens with zero attached hydrogens (tertiary/aromatic N) is 4. The Morgan fingerprint density at radius 3 is 2.68 bits per heavy atom. The number of anilines is 2. The van der Waals surface area contributed by atoms with E-state index in [0.717, 1.165) is 5.69 Å². The monoisotopic (exact) mass is 301 g/mol. The number of nitro groups is 1. The summed E-state index contributed by atoms with van der Waals surface area (Å²) in [6, 6.07) is 5.72. The van der Waals surface area contributed by atoms with Crippen molar-refractivity contribution in [2.45, 2.75) is 12.5 Å². The Morgan fingerprint density at radius 1 is 1.36 bits per heavy atom. The first kappa shape index (κ1) is 14.1. The Morgan fingerprint density at radius 2 is 2.09 bits per heavy atom. The second-order valence-corrected chi connectivity index (χ2v) is 5.15. The zero-order chi connectivity index (χ0) is 15.7. The van der Waals surface area contributed by atoms with E-state index >= 15 is 0 Å². The first-order valence-corrected chi connectivity index (χ1v) is 6.85. The van der Waals surface area contributed by atoms with Gasteiger partial charge in [-0.1, -0.05) is 0 Å². The van der Waals surface area contributed by atoms with Crippen molar-refractivity contribution >= 4 is 23.0 Å². The number of benzene rings is 1. The van der Waals surface area contributed by atoms with Crippen LogP contribution in [-0.2, 0) is 11.8 Å². The summed E-state index contributed by atoms with van der Waals surface area (Å²) in [6.07, 6.45) is 4.13. The summed E-state index contributed by atoms with van der Waals surface area (Å²) in [4.78, 5) is 24.3. The van der Waals surface area contributed by atoms with Gasteiger partial charge in [-0.15, -0.1) is 0 Å². The minimum atomic E-state index is -0.450. The highest BCUT2D eigenvalue weighted by molar-refractivity contribution is 6.00. The maximum Gasteiger partial charge on any atom is 0.269 e. The van der Waals surface area contributed by atoms with Crippen molar-refractivity contribution in [1.29, 1.82) is 0 Å². The Kier molecular flexibility index (Phi) is 3.50. The van der Waals surface area contributed by atoms with Gasteiger partial charge in [-0.2, -0.15) is 5.10 Å². The predicted octanol–water partition coefficient (Wildman–Crippen LogP) is 1.55. The van der Waals surface area contributed by atoms with E-state index in [2.05, 4.69) is 10.4 Å². The molecule has 0 aliphatic carbocycles. The molecule has 1 atom stereocenters. The van der Waals surface area contributed by atoms with Gasteiger partial charge in [-0.05, 0) is 18.6 Å². The summed E-state index contributed by atoms with van der Waals surface area (Å²) in [7, 11) is 1.80. The molecule has 1 aliphatic rings. The van der Waals surface area contributed by atoms with E-state index in [9.17, 15) is 14.9 Å². The Hall–Kier alpha value is -2.90. The molecule has 1 N–H and O–H groups in total. The largest absolute Gasteiger partial charge is 0.374 e. The van der Waals surface area contributed by atoms with E-state index in [0.29, 0.717) is 18.7 Å². The second-order valence-electron chi connectivity index (χ2n) is 5.15. The molecular formula is C14H15N5O3. The quantitative estimate of drug-likeness (QED) is 0.683. The number of hydrogen-bond donors (Lipinski definition) is 1. The Labute approximate surface area is 126 Å². The van der Waals surface area contributed by atoms with E-state index in [1.807, 2.05) is 0 Å². The predicted molar refractivity (Wildman–Crippen MR) is 80.7 cm³/mol. The maximum absolute atomic E-state index is 12.4. The number of hydrogen-bond acceptors (Lipinski definition) is 5. The molecule has 114 valence electrons. The van der Waals surface area contributed by atoms with Gasteiger partial charge in [-0.3, -0.25) is 19.6 Å². The lowest BCUT2D eigenvalue weighted by Crippen LogP contribution is -2.33. The Bertz CT molecular complexity index is 710. The Balaban J connectivity index is 1.69. The van der Waals surface area contributed by atoms with Crippen LogP contribution in [-0.4, -0.2) is 33.2 Å². The average molecular weight is 301 g/mol. The zero-order valence-electron chi connectivity index (χ0n) is 12.0. The molecule has 1 unspecified atom stereocenters. The highest BCUT2D eigenvalue weighted by Gasteiger charge is 2.33. The van der Waals surface area contributed by atoms with E-state index < -0.39 is 4.92 Å². The minimum Gasteiger partial charge on any atom is -0.374 e. The normalized spacial score (nSPS) is 17.8. The fraction of sp³-hybridized carbons (Fsp3) is 0.286. The SMILES string of the molecule is Cn1cc(N2CCC(Nc3ccc([N+](=O)[O-])cc3)C2=O)cn1. The summed E-state index contributed by atoms with van der Waals surface area (Å²) in [6.45, 7) is 0.620. The molecular weight excluding hydrogens is 286 g/mol. The molecule has 1 aromatic carbocycles. The number of amides is 1. The fourth-order valence-corrected chi connectivity index (χ4v) is 2.50. The van der Waals surface area contributed by atoms with Crippen LogP contribution in [0.3, 0.4) is 0 Å². The standard InChI is InChI=1S/C14H15N5O3/c1-17-9-12(8-15-17)18-7-6-13(14(18)20)16-10-2-4-11(5-3-10)19(21)22/h2-5,8-9,13,16H,6-7H2,1H3. The van der Waals surface area contributed by atoms with Gasteiger partial charge in [-0.25, -0.2) is 0 Å². The van der Waals surface area contributed by atoms with Gasteiger partial charge >= 0.3 is 0 Å². The van der Waals surface area contributed by atoms with Crippen molar-refractivity contribution in [2.24, 2.45) is 7.05 Å². The summed E-state index contributed by atoms with van der Waals surface area (Å²) < 4.78 is 1.65. The van der Waals surface area contributed by atoms with Crippen LogP contribution in [0.25, 0.3) is 0 Å².